The van der Waals surface area contributed by atoms with E-state index in [4.69, 9.17) is 5.73 Å². The fraction of sp³-hybridized carbons (Fsp3) is 0.350. The van der Waals surface area contributed by atoms with Crippen LogP contribution in [0.4, 0.5) is 5.69 Å². The van der Waals surface area contributed by atoms with Crippen molar-refractivity contribution in [3.63, 3.8) is 0 Å². The molecule has 0 aliphatic carbocycles. The van der Waals surface area contributed by atoms with Crippen molar-refractivity contribution in [3.8, 4) is 0 Å². The van der Waals surface area contributed by atoms with Crippen LogP contribution < -0.4 is 11.1 Å². The van der Waals surface area contributed by atoms with Gasteiger partial charge in [-0.25, -0.2) is 0 Å². The quantitative estimate of drug-likeness (QED) is 0.627. The van der Waals surface area contributed by atoms with E-state index in [1.54, 1.807) is 0 Å². The van der Waals surface area contributed by atoms with Crippen LogP contribution in [0.5, 0.6) is 0 Å². The van der Waals surface area contributed by atoms with Crippen LogP contribution in [0.15, 0.2) is 65.7 Å². The molecule has 5 nitrogen and oxygen atoms in total. The van der Waals surface area contributed by atoms with Gasteiger partial charge in [-0.3, -0.25) is 14.8 Å². The number of hydrogen-bond donors (Lipinski definition) is 2. The molecule has 0 amide bonds. The Morgan fingerprint density at radius 3 is 2.16 bits per heavy atom. The van der Waals surface area contributed by atoms with Crippen molar-refractivity contribution in [2.45, 2.75) is 6.54 Å². The van der Waals surface area contributed by atoms with Crippen LogP contribution >= 0.6 is 0 Å². The van der Waals surface area contributed by atoms with E-state index in [1.165, 1.54) is 5.56 Å². The highest BCUT2D eigenvalue weighted by molar-refractivity contribution is 5.92. The predicted octanol–water partition coefficient (Wildman–Crippen LogP) is 2.23. The highest BCUT2D eigenvalue weighted by atomic mass is 15.3. The van der Waals surface area contributed by atoms with Crippen LogP contribution in [-0.4, -0.2) is 55.0 Å². The van der Waals surface area contributed by atoms with E-state index in [0.29, 0.717) is 5.96 Å². The molecule has 3 N–H and O–H groups in total. The first-order valence-corrected chi connectivity index (χ1v) is 8.90. The number of nitrogens with one attached hydrogen (secondary N) is 1. The van der Waals surface area contributed by atoms with Crippen molar-refractivity contribution in [2.24, 2.45) is 10.7 Å². The van der Waals surface area contributed by atoms with E-state index in [9.17, 15) is 0 Å². The number of benzene rings is 2. The number of rotatable bonds is 6. The van der Waals surface area contributed by atoms with Gasteiger partial charge < -0.3 is 11.1 Å². The number of para-hydroxylation sites is 1. The van der Waals surface area contributed by atoms with Crippen LogP contribution in [0.2, 0.25) is 0 Å². The molecule has 1 fully saturated rings. The summed E-state index contributed by atoms with van der Waals surface area (Å²) < 4.78 is 0. The van der Waals surface area contributed by atoms with Crippen LogP contribution in [0.25, 0.3) is 0 Å². The molecule has 0 saturated carbocycles. The number of aliphatic imine (C=N–C) groups is 1. The van der Waals surface area contributed by atoms with Crippen LogP contribution in [0.3, 0.4) is 0 Å². The summed E-state index contributed by atoms with van der Waals surface area (Å²) in [5.41, 5.74) is 8.30. The van der Waals surface area contributed by atoms with Gasteiger partial charge >= 0.3 is 0 Å². The lowest BCUT2D eigenvalue weighted by molar-refractivity contribution is 0.130. The molecular formula is C20H27N5. The van der Waals surface area contributed by atoms with Gasteiger partial charge in [0.2, 0.25) is 0 Å². The second kappa shape index (κ2) is 9.20. The minimum atomic E-state index is 0.480. The molecule has 132 valence electrons. The summed E-state index contributed by atoms with van der Waals surface area (Å²) in [5, 5.41) is 3.11. The first-order valence-electron chi connectivity index (χ1n) is 8.90. The van der Waals surface area contributed by atoms with Crippen LogP contribution in [0, 0.1) is 0 Å². The van der Waals surface area contributed by atoms with E-state index < -0.39 is 0 Å². The molecule has 2 aromatic carbocycles. The highest BCUT2D eigenvalue weighted by Gasteiger charge is 2.16. The first-order chi connectivity index (χ1) is 12.3. The summed E-state index contributed by atoms with van der Waals surface area (Å²) in [7, 11) is 0. The maximum absolute atomic E-state index is 5.94. The minimum absolute atomic E-state index is 0.480. The van der Waals surface area contributed by atoms with Gasteiger partial charge in [0.15, 0.2) is 5.96 Å². The number of nitrogens with two attached hydrogens (primary N) is 1. The predicted molar refractivity (Wildman–Crippen MR) is 105 cm³/mol. The zero-order valence-corrected chi connectivity index (χ0v) is 14.6. The molecule has 1 heterocycles. The van der Waals surface area contributed by atoms with Crippen molar-refractivity contribution in [3.05, 3.63) is 66.2 Å². The Morgan fingerprint density at radius 2 is 1.48 bits per heavy atom. The number of anilines is 1. The van der Waals surface area contributed by atoms with Crippen molar-refractivity contribution in [1.29, 1.82) is 0 Å². The third-order valence-electron chi connectivity index (χ3n) is 4.46. The molecule has 0 unspecified atom stereocenters. The smallest absolute Gasteiger partial charge is 0.193 e. The summed E-state index contributed by atoms with van der Waals surface area (Å²) in [6, 6.07) is 20.6. The Morgan fingerprint density at radius 1 is 0.880 bits per heavy atom. The van der Waals surface area contributed by atoms with E-state index >= 15 is 0 Å². The molecule has 1 aliphatic rings. The largest absolute Gasteiger partial charge is 0.370 e. The Balaban J connectivity index is 1.35. The maximum atomic E-state index is 5.94. The third kappa shape index (κ3) is 5.89. The third-order valence-corrected chi connectivity index (χ3v) is 4.46. The molecule has 0 spiro atoms. The van der Waals surface area contributed by atoms with Gasteiger partial charge in [-0.05, 0) is 17.7 Å². The topological polar surface area (TPSA) is 56.9 Å². The van der Waals surface area contributed by atoms with Crippen molar-refractivity contribution in [2.75, 3.05) is 44.6 Å². The standard InChI is InChI=1S/C20H27N5/c21-20(23-19-9-5-2-6-10-19)22-11-12-24-13-15-25(16-14-24)17-18-7-3-1-4-8-18/h1-10H,11-17H2,(H3,21,22,23). The van der Waals surface area contributed by atoms with Crippen LogP contribution in [-0.2, 0) is 6.54 Å². The average Bonchev–Trinajstić information content (AvgIpc) is 2.65. The lowest BCUT2D eigenvalue weighted by atomic mass is 10.2. The Bertz CT molecular complexity index is 648. The number of guanidine groups is 1. The van der Waals surface area contributed by atoms with E-state index in [2.05, 4.69) is 50.4 Å². The second-order valence-electron chi connectivity index (χ2n) is 6.36. The zero-order valence-electron chi connectivity index (χ0n) is 14.6. The van der Waals surface area contributed by atoms with Gasteiger partial charge in [0.1, 0.15) is 0 Å². The van der Waals surface area contributed by atoms with Gasteiger partial charge in [0, 0.05) is 45.0 Å². The number of nitrogens with zero attached hydrogens (tertiary/aromatic N) is 3. The summed E-state index contributed by atoms with van der Waals surface area (Å²) >= 11 is 0. The molecule has 1 aliphatic heterocycles. The monoisotopic (exact) mass is 337 g/mol. The van der Waals surface area contributed by atoms with E-state index in [0.717, 1.165) is 51.5 Å². The van der Waals surface area contributed by atoms with Crippen molar-refractivity contribution >= 4 is 11.6 Å². The molecule has 0 atom stereocenters. The van der Waals surface area contributed by atoms with Gasteiger partial charge in [-0.15, -0.1) is 0 Å². The molecule has 25 heavy (non-hydrogen) atoms. The summed E-state index contributed by atoms with van der Waals surface area (Å²) in [5.74, 6) is 0.480. The molecule has 0 radical (unpaired) electrons. The summed E-state index contributed by atoms with van der Waals surface area (Å²) in [6.07, 6.45) is 0. The van der Waals surface area contributed by atoms with Crippen molar-refractivity contribution in [1.82, 2.24) is 9.80 Å². The Labute approximate surface area is 150 Å². The van der Waals surface area contributed by atoms with Gasteiger partial charge in [0.25, 0.3) is 0 Å². The maximum Gasteiger partial charge on any atom is 0.193 e. The van der Waals surface area contributed by atoms with Crippen molar-refractivity contribution < 1.29 is 0 Å². The van der Waals surface area contributed by atoms with Gasteiger partial charge in [-0.2, -0.15) is 0 Å². The lowest BCUT2D eigenvalue weighted by Crippen LogP contribution is -2.46. The molecule has 5 heteroatoms. The molecule has 0 aromatic heterocycles. The molecule has 1 saturated heterocycles. The minimum Gasteiger partial charge on any atom is -0.370 e. The summed E-state index contributed by atoms with van der Waals surface area (Å²) in [4.78, 5) is 9.40. The van der Waals surface area contributed by atoms with Gasteiger partial charge in [0.05, 0.1) is 6.54 Å². The average molecular weight is 337 g/mol. The molecular weight excluding hydrogens is 310 g/mol. The number of piperazine rings is 1. The highest BCUT2D eigenvalue weighted by Crippen LogP contribution is 2.08. The Kier molecular flexibility index (Phi) is 6.42. The van der Waals surface area contributed by atoms with E-state index in [1.807, 2.05) is 30.3 Å². The summed E-state index contributed by atoms with van der Waals surface area (Å²) in [6.45, 7) is 7.12. The first kappa shape index (κ1) is 17.5. The van der Waals surface area contributed by atoms with Gasteiger partial charge in [-0.1, -0.05) is 48.5 Å². The normalized spacial score (nSPS) is 16.7. The molecule has 0 bridgehead atoms. The lowest BCUT2D eigenvalue weighted by Gasteiger charge is -2.34. The second-order valence-corrected chi connectivity index (χ2v) is 6.36. The molecule has 3 rings (SSSR count). The van der Waals surface area contributed by atoms with E-state index in [-0.39, 0.29) is 0 Å². The Hall–Kier alpha value is -2.37. The van der Waals surface area contributed by atoms with Crippen LogP contribution in [0.1, 0.15) is 5.56 Å². The SMILES string of the molecule is NC(=NCCN1CCN(Cc2ccccc2)CC1)Nc1ccccc1. The fourth-order valence-corrected chi connectivity index (χ4v) is 3.03. The molecule has 2 aromatic rings. The zero-order chi connectivity index (χ0) is 17.3. The number of hydrogen-bond acceptors (Lipinski definition) is 3. The fourth-order valence-electron chi connectivity index (χ4n) is 3.03.